The summed E-state index contributed by atoms with van der Waals surface area (Å²) in [4.78, 5) is 4.32. The summed E-state index contributed by atoms with van der Waals surface area (Å²) in [5.74, 6) is 0.827. The second-order valence-corrected chi connectivity index (χ2v) is 4.94. The maximum Gasteiger partial charge on any atom is 0.207 e. The largest absolute Gasteiger partial charge is 0.383 e. The molecule has 1 heterocycles. The molecule has 4 nitrogen and oxygen atoms in total. The Hall–Kier alpha value is -1.33. The van der Waals surface area contributed by atoms with Gasteiger partial charge in [0.15, 0.2) is 0 Å². The Morgan fingerprint density at radius 3 is 3.06 bits per heavy atom. The highest BCUT2D eigenvalue weighted by atomic mass is 79.9. The molecule has 18 heavy (non-hydrogen) atoms. The fraction of sp³-hybridized carbons (Fsp3) is 0.308. The van der Waals surface area contributed by atoms with Crippen molar-refractivity contribution < 1.29 is 4.74 Å². The molecule has 2 aromatic rings. The molecule has 0 spiro atoms. The molecule has 0 aliphatic heterocycles. The van der Waals surface area contributed by atoms with Crippen LogP contribution in [0.1, 0.15) is 5.56 Å². The summed E-state index contributed by atoms with van der Waals surface area (Å²) in [6.07, 6.45) is 3.72. The molecule has 0 amide bonds. The molecule has 1 aromatic carbocycles. The van der Waals surface area contributed by atoms with Gasteiger partial charge in [0.05, 0.1) is 6.61 Å². The summed E-state index contributed by atoms with van der Waals surface area (Å²) in [5.41, 5.74) is 2.23. The van der Waals surface area contributed by atoms with Gasteiger partial charge in [-0.3, -0.25) is 0 Å². The van der Waals surface area contributed by atoms with E-state index in [0.29, 0.717) is 6.61 Å². The van der Waals surface area contributed by atoms with E-state index in [9.17, 15) is 0 Å². The molecule has 5 heteroatoms. The number of aromatic nitrogens is 2. The van der Waals surface area contributed by atoms with Crippen molar-refractivity contribution >= 4 is 27.6 Å². The average Bonchev–Trinajstić information content (AvgIpc) is 2.79. The number of nitrogens with zero attached hydrogens (tertiary/aromatic N) is 2. The van der Waals surface area contributed by atoms with Crippen LogP contribution < -0.4 is 5.32 Å². The summed E-state index contributed by atoms with van der Waals surface area (Å²) in [5, 5.41) is 3.34. The van der Waals surface area contributed by atoms with Crippen molar-refractivity contribution in [1.29, 1.82) is 0 Å². The van der Waals surface area contributed by atoms with Crippen LogP contribution in [-0.4, -0.2) is 23.3 Å². The SMILES string of the molecule is COCCn1ccnc1Nc1cc(Br)ccc1C. The number of hydrogen-bond donors (Lipinski definition) is 1. The standard InChI is InChI=1S/C13H16BrN3O/c1-10-3-4-11(14)9-12(10)16-13-15-5-6-17(13)7-8-18-2/h3-6,9H,7-8H2,1-2H3,(H,15,16). The number of anilines is 2. The lowest BCUT2D eigenvalue weighted by atomic mass is 10.2. The van der Waals surface area contributed by atoms with Gasteiger partial charge < -0.3 is 14.6 Å². The maximum absolute atomic E-state index is 5.08. The van der Waals surface area contributed by atoms with E-state index < -0.39 is 0 Å². The molecular formula is C13H16BrN3O. The van der Waals surface area contributed by atoms with E-state index in [-0.39, 0.29) is 0 Å². The monoisotopic (exact) mass is 309 g/mol. The van der Waals surface area contributed by atoms with Crippen LogP contribution in [0, 0.1) is 6.92 Å². The molecule has 1 N–H and O–H groups in total. The van der Waals surface area contributed by atoms with Gasteiger partial charge in [0.1, 0.15) is 0 Å². The predicted octanol–water partition coefficient (Wildman–Crippen LogP) is 3.34. The molecule has 0 radical (unpaired) electrons. The van der Waals surface area contributed by atoms with Crippen LogP contribution in [0.3, 0.4) is 0 Å². The zero-order valence-electron chi connectivity index (χ0n) is 10.5. The van der Waals surface area contributed by atoms with Gasteiger partial charge in [0.2, 0.25) is 5.95 Å². The lowest BCUT2D eigenvalue weighted by molar-refractivity contribution is 0.188. The molecule has 0 aliphatic rings. The summed E-state index contributed by atoms with van der Waals surface area (Å²) in [6.45, 7) is 3.52. The molecular weight excluding hydrogens is 294 g/mol. The van der Waals surface area contributed by atoms with Gasteiger partial charge in [0, 0.05) is 36.2 Å². The highest BCUT2D eigenvalue weighted by molar-refractivity contribution is 9.10. The first kappa shape index (κ1) is 13.1. The van der Waals surface area contributed by atoms with E-state index in [4.69, 9.17) is 4.74 Å². The zero-order chi connectivity index (χ0) is 13.0. The Labute approximate surface area is 115 Å². The number of nitrogens with one attached hydrogen (secondary N) is 1. The number of rotatable bonds is 5. The van der Waals surface area contributed by atoms with E-state index in [1.807, 2.05) is 22.9 Å². The fourth-order valence-electron chi connectivity index (χ4n) is 1.65. The normalized spacial score (nSPS) is 10.6. The Balaban J connectivity index is 2.18. The van der Waals surface area contributed by atoms with E-state index in [0.717, 1.165) is 22.7 Å². The quantitative estimate of drug-likeness (QED) is 0.920. The van der Waals surface area contributed by atoms with Gasteiger partial charge in [-0.1, -0.05) is 22.0 Å². The van der Waals surface area contributed by atoms with Crippen molar-refractivity contribution in [2.75, 3.05) is 19.0 Å². The lowest BCUT2D eigenvalue weighted by Crippen LogP contribution is -2.07. The first-order valence-corrected chi connectivity index (χ1v) is 6.53. The van der Waals surface area contributed by atoms with E-state index in [1.165, 1.54) is 5.56 Å². The highest BCUT2D eigenvalue weighted by Crippen LogP contribution is 2.23. The summed E-state index contributed by atoms with van der Waals surface area (Å²) in [6, 6.07) is 6.14. The molecule has 0 saturated carbocycles. The van der Waals surface area contributed by atoms with Crippen LogP contribution >= 0.6 is 15.9 Å². The van der Waals surface area contributed by atoms with E-state index in [1.54, 1.807) is 13.3 Å². The van der Waals surface area contributed by atoms with Crippen molar-refractivity contribution in [3.05, 3.63) is 40.6 Å². The molecule has 0 aliphatic carbocycles. The van der Waals surface area contributed by atoms with Crippen molar-refractivity contribution in [3.63, 3.8) is 0 Å². The number of imidazole rings is 1. The number of benzene rings is 1. The smallest absolute Gasteiger partial charge is 0.207 e. The molecule has 1 aromatic heterocycles. The van der Waals surface area contributed by atoms with Crippen LogP contribution in [0.15, 0.2) is 35.1 Å². The van der Waals surface area contributed by atoms with E-state index >= 15 is 0 Å². The Kier molecular flexibility index (Phi) is 4.38. The van der Waals surface area contributed by atoms with Crippen LogP contribution in [0.2, 0.25) is 0 Å². The minimum atomic E-state index is 0.669. The summed E-state index contributed by atoms with van der Waals surface area (Å²) < 4.78 is 8.16. The third-order valence-electron chi connectivity index (χ3n) is 2.70. The number of halogens is 1. The van der Waals surface area contributed by atoms with Gasteiger partial charge in [-0.25, -0.2) is 4.98 Å². The Morgan fingerprint density at radius 2 is 2.28 bits per heavy atom. The molecule has 2 rings (SSSR count). The number of hydrogen-bond acceptors (Lipinski definition) is 3. The second-order valence-electron chi connectivity index (χ2n) is 4.02. The van der Waals surface area contributed by atoms with Gasteiger partial charge in [-0.15, -0.1) is 0 Å². The van der Waals surface area contributed by atoms with Crippen molar-refractivity contribution in [2.24, 2.45) is 0 Å². The number of ether oxygens (including phenoxy) is 1. The van der Waals surface area contributed by atoms with Crippen LogP contribution in [0.25, 0.3) is 0 Å². The van der Waals surface area contributed by atoms with Crippen LogP contribution in [0.4, 0.5) is 11.6 Å². The van der Waals surface area contributed by atoms with Crippen molar-refractivity contribution in [1.82, 2.24) is 9.55 Å². The Bertz CT molecular complexity index is 525. The minimum absolute atomic E-state index is 0.669. The maximum atomic E-state index is 5.08. The molecule has 0 atom stereocenters. The lowest BCUT2D eigenvalue weighted by Gasteiger charge is -2.11. The predicted molar refractivity (Wildman–Crippen MR) is 76.3 cm³/mol. The zero-order valence-corrected chi connectivity index (χ0v) is 12.1. The molecule has 96 valence electrons. The van der Waals surface area contributed by atoms with Gasteiger partial charge in [-0.2, -0.15) is 0 Å². The minimum Gasteiger partial charge on any atom is -0.383 e. The van der Waals surface area contributed by atoms with Gasteiger partial charge in [-0.05, 0) is 24.6 Å². The third-order valence-corrected chi connectivity index (χ3v) is 3.19. The number of aryl methyl sites for hydroxylation is 1. The van der Waals surface area contributed by atoms with Gasteiger partial charge >= 0.3 is 0 Å². The molecule has 0 fully saturated rings. The van der Waals surface area contributed by atoms with Gasteiger partial charge in [0.25, 0.3) is 0 Å². The van der Waals surface area contributed by atoms with Crippen molar-refractivity contribution in [3.8, 4) is 0 Å². The number of methoxy groups -OCH3 is 1. The van der Waals surface area contributed by atoms with Crippen LogP contribution in [-0.2, 0) is 11.3 Å². The molecule has 0 saturated heterocycles. The first-order chi connectivity index (χ1) is 8.70. The summed E-state index contributed by atoms with van der Waals surface area (Å²) in [7, 11) is 1.70. The molecule has 0 bridgehead atoms. The molecule has 0 unspecified atom stereocenters. The van der Waals surface area contributed by atoms with E-state index in [2.05, 4.69) is 39.2 Å². The Morgan fingerprint density at radius 1 is 1.44 bits per heavy atom. The topological polar surface area (TPSA) is 39.1 Å². The van der Waals surface area contributed by atoms with Crippen LogP contribution in [0.5, 0.6) is 0 Å². The highest BCUT2D eigenvalue weighted by Gasteiger charge is 2.05. The second kappa shape index (κ2) is 6.02. The third kappa shape index (κ3) is 3.11. The first-order valence-electron chi connectivity index (χ1n) is 5.74. The fourth-order valence-corrected chi connectivity index (χ4v) is 2.01. The van der Waals surface area contributed by atoms with Crippen molar-refractivity contribution in [2.45, 2.75) is 13.5 Å². The average molecular weight is 310 g/mol. The summed E-state index contributed by atoms with van der Waals surface area (Å²) >= 11 is 3.47.